The Morgan fingerprint density at radius 1 is 1.12 bits per heavy atom. The van der Waals surface area contributed by atoms with E-state index in [0.29, 0.717) is 13.2 Å². The number of benzene rings is 1. The molecule has 1 N–H and O–H groups in total. The number of fused-ring (bicyclic) bond motifs is 1. The molecule has 2 rings (SSSR count). The van der Waals surface area contributed by atoms with Gasteiger partial charge in [-0.25, -0.2) is 0 Å². The Labute approximate surface area is 96.0 Å². The number of aliphatic hydroxyl groups excluding tert-OH is 1. The highest BCUT2D eigenvalue weighted by molar-refractivity contribution is 5.44. The van der Waals surface area contributed by atoms with E-state index in [1.165, 1.54) is 0 Å². The molecule has 0 bridgehead atoms. The molecule has 1 aromatic rings. The SMILES string of the molecule is CC(C)C(O)c1ccc2c(c1)OCCCO2. The van der Waals surface area contributed by atoms with Crippen LogP contribution in [0.2, 0.25) is 0 Å². The van der Waals surface area contributed by atoms with Gasteiger partial charge in [0.2, 0.25) is 0 Å². The highest BCUT2D eigenvalue weighted by Crippen LogP contribution is 2.33. The van der Waals surface area contributed by atoms with E-state index >= 15 is 0 Å². The fraction of sp³-hybridized carbons (Fsp3) is 0.538. The van der Waals surface area contributed by atoms with Gasteiger partial charge in [0, 0.05) is 6.42 Å². The lowest BCUT2D eigenvalue weighted by Gasteiger charge is -2.16. The van der Waals surface area contributed by atoms with Crippen LogP contribution < -0.4 is 9.47 Å². The van der Waals surface area contributed by atoms with E-state index in [1.807, 2.05) is 32.0 Å². The van der Waals surface area contributed by atoms with Crippen molar-refractivity contribution in [2.45, 2.75) is 26.4 Å². The average molecular weight is 222 g/mol. The van der Waals surface area contributed by atoms with Crippen LogP contribution in [0.5, 0.6) is 11.5 Å². The summed E-state index contributed by atoms with van der Waals surface area (Å²) < 4.78 is 11.1. The third-order valence-corrected chi connectivity index (χ3v) is 2.74. The molecular weight excluding hydrogens is 204 g/mol. The third kappa shape index (κ3) is 2.30. The van der Waals surface area contributed by atoms with Crippen LogP contribution in [0.15, 0.2) is 18.2 Å². The van der Waals surface area contributed by atoms with Gasteiger partial charge in [0.25, 0.3) is 0 Å². The summed E-state index contributed by atoms with van der Waals surface area (Å²) in [5, 5.41) is 9.97. The fourth-order valence-corrected chi connectivity index (χ4v) is 1.75. The van der Waals surface area contributed by atoms with Gasteiger partial charge in [-0.1, -0.05) is 19.9 Å². The zero-order valence-corrected chi connectivity index (χ0v) is 9.77. The molecule has 0 saturated heterocycles. The highest BCUT2D eigenvalue weighted by atomic mass is 16.5. The monoisotopic (exact) mass is 222 g/mol. The number of ether oxygens (including phenoxy) is 2. The molecule has 0 radical (unpaired) electrons. The zero-order valence-electron chi connectivity index (χ0n) is 9.77. The van der Waals surface area contributed by atoms with Gasteiger partial charge >= 0.3 is 0 Å². The maximum Gasteiger partial charge on any atom is 0.161 e. The molecule has 0 aliphatic carbocycles. The van der Waals surface area contributed by atoms with Crippen LogP contribution in [0.3, 0.4) is 0 Å². The average Bonchev–Trinajstić information content (AvgIpc) is 2.51. The predicted molar refractivity (Wildman–Crippen MR) is 61.8 cm³/mol. The van der Waals surface area contributed by atoms with E-state index < -0.39 is 6.10 Å². The molecular formula is C13H18O3. The van der Waals surface area contributed by atoms with Gasteiger partial charge < -0.3 is 14.6 Å². The Morgan fingerprint density at radius 2 is 1.81 bits per heavy atom. The Morgan fingerprint density at radius 3 is 2.50 bits per heavy atom. The van der Waals surface area contributed by atoms with E-state index in [9.17, 15) is 5.11 Å². The summed E-state index contributed by atoms with van der Waals surface area (Å²) in [6.07, 6.45) is 0.452. The number of hydrogen-bond acceptors (Lipinski definition) is 3. The van der Waals surface area contributed by atoms with Crippen molar-refractivity contribution in [2.24, 2.45) is 5.92 Å². The lowest BCUT2D eigenvalue weighted by atomic mass is 9.99. The predicted octanol–water partition coefficient (Wildman–Crippen LogP) is 2.54. The highest BCUT2D eigenvalue weighted by Gasteiger charge is 2.16. The molecule has 0 spiro atoms. The molecule has 3 heteroatoms. The van der Waals surface area contributed by atoms with Crippen LogP contribution in [0, 0.1) is 5.92 Å². The quantitative estimate of drug-likeness (QED) is 0.835. The maximum atomic E-state index is 9.97. The van der Waals surface area contributed by atoms with Gasteiger partial charge in [-0.3, -0.25) is 0 Å². The Bertz CT molecular complexity index is 360. The minimum atomic E-state index is -0.447. The minimum absolute atomic E-state index is 0.199. The van der Waals surface area contributed by atoms with Crippen LogP contribution in [0.25, 0.3) is 0 Å². The van der Waals surface area contributed by atoms with Crippen LogP contribution >= 0.6 is 0 Å². The van der Waals surface area contributed by atoms with Gasteiger partial charge in [-0.2, -0.15) is 0 Å². The zero-order chi connectivity index (χ0) is 11.5. The van der Waals surface area contributed by atoms with Crippen LogP contribution in [-0.4, -0.2) is 18.3 Å². The van der Waals surface area contributed by atoms with Gasteiger partial charge in [0.15, 0.2) is 11.5 Å². The molecule has 1 atom stereocenters. The second-order valence-electron chi connectivity index (χ2n) is 4.45. The van der Waals surface area contributed by atoms with Crippen molar-refractivity contribution in [1.29, 1.82) is 0 Å². The molecule has 3 nitrogen and oxygen atoms in total. The van der Waals surface area contributed by atoms with Gasteiger partial charge in [-0.05, 0) is 23.6 Å². The molecule has 1 unspecified atom stereocenters. The molecule has 1 aromatic carbocycles. The molecule has 1 heterocycles. The first-order chi connectivity index (χ1) is 7.68. The van der Waals surface area contributed by atoms with E-state index in [4.69, 9.17) is 9.47 Å². The first-order valence-electron chi connectivity index (χ1n) is 5.76. The molecule has 1 aliphatic heterocycles. The van der Waals surface area contributed by atoms with E-state index in [0.717, 1.165) is 23.5 Å². The molecule has 88 valence electrons. The molecule has 16 heavy (non-hydrogen) atoms. The van der Waals surface area contributed by atoms with Crippen molar-refractivity contribution in [3.63, 3.8) is 0 Å². The van der Waals surface area contributed by atoms with Crippen molar-refractivity contribution in [2.75, 3.05) is 13.2 Å². The third-order valence-electron chi connectivity index (χ3n) is 2.74. The normalized spacial score (nSPS) is 17.0. The smallest absolute Gasteiger partial charge is 0.161 e. The molecule has 0 amide bonds. The van der Waals surface area contributed by atoms with Gasteiger partial charge in [0.1, 0.15) is 0 Å². The second kappa shape index (κ2) is 4.74. The van der Waals surface area contributed by atoms with Crippen molar-refractivity contribution < 1.29 is 14.6 Å². The van der Waals surface area contributed by atoms with Gasteiger partial charge in [-0.15, -0.1) is 0 Å². The summed E-state index contributed by atoms with van der Waals surface area (Å²) in [6, 6.07) is 5.66. The molecule has 1 aliphatic rings. The van der Waals surface area contributed by atoms with Crippen LogP contribution in [0.1, 0.15) is 31.9 Å². The lowest BCUT2D eigenvalue weighted by molar-refractivity contribution is 0.126. The maximum absolute atomic E-state index is 9.97. The molecule has 0 aromatic heterocycles. The Kier molecular flexibility index (Phi) is 3.34. The number of hydrogen-bond donors (Lipinski definition) is 1. The van der Waals surface area contributed by atoms with Crippen molar-refractivity contribution in [1.82, 2.24) is 0 Å². The van der Waals surface area contributed by atoms with E-state index in [-0.39, 0.29) is 5.92 Å². The van der Waals surface area contributed by atoms with Crippen LogP contribution in [-0.2, 0) is 0 Å². The summed E-state index contributed by atoms with van der Waals surface area (Å²) in [5.74, 6) is 1.72. The summed E-state index contributed by atoms with van der Waals surface area (Å²) in [6.45, 7) is 5.36. The fourth-order valence-electron chi connectivity index (χ4n) is 1.75. The standard InChI is InChI=1S/C13H18O3/c1-9(2)13(14)10-4-5-11-12(8-10)16-7-3-6-15-11/h4-5,8-9,13-14H,3,6-7H2,1-2H3. The first-order valence-corrected chi connectivity index (χ1v) is 5.76. The summed E-state index contributed by atoms with van der Waals surface area (Å²) in [7, 11) is 0. The van der Waals surface area contributed by atoms with Crippen molar-refractivity contribution in [3.8, 4) is 11.5 Å². The lowest BCUT2D eigenvalue weighted by Crippen LogP contribution is -2.05. The van der Waals surface area contributed by atoms with E-state index in [2.05, 4.69) is 0 Å². The number of rotatable bonds is 2. The second-order valence-corrected chi connectivity index (χ2v) is 4.45. The Hall–Kier alpha value is -1.22. The summed E-state index contributed by atoms with van der Waals surface area (Å²) in [4.78, 5) is 0. The van der Waals surface area contributed by atoms with Gasteiger partial charge in [0.05, 0.1) is 19.3 Å². The topological polar surface area (TPSA) is 38.7 Å². The summed E-state index contributed by atoms with van der Waals surface area (Å²) in [5.41, 5.74) is 0.888. The van der Waals surface area contributed by atoms with Crippen molar-refractivity contribution in [3.05, 3.63) is 23.8 Å². The molecule has 0 fully saturated rings. The largest absolute Gasteiger partial charge is 0.490 e. The minimum Gasteiger partial charge on any atom is -0.490 e. The first kappa shape index (κ1) is 11.3. The number of aliphatic hydroxyl groups is 1. The van der Waals surface area contributed by atoms with Crippen LogP contribution in [0.4, 0.5) is 0 Å². The summed E-state index contributed by atoms with van der Waals surface area (Å²) >= 11 is 0. The molecule has 0 saturated carbocycles. The van der Waals surface area contributed by atoms with Crippen molar-refractivity contribution >= 4 is 0 Å². The Balaban J connectivity index is 2.27. The van der Waals surface area contributed by atoms with E-state index in [1.54, 1.807) is 0 Å².